The van der Waals surface area contributed by atoms with Crippen LogP contribution in [-0.4, -0.2) is 16.5 Å². The molecule has 0 unspecified atom stereocenters. The molecule has 130 valence electrons. The molecule has 7 atom stereocenters. The minimum Gasteiger partial charge on any atom is -0.389 e. The van der Waals surface area contributed by atoms with Crippen molar-refractivity contribution in [3.8, 4) is 0 Å². The summed E-state index contributed by atoms with van der Waals surface area (Å²) in [6.07, 6.45) is 12.1. The monoisotopic (exact) mass is 318 g/mol. The molecule has 0 aromatic rings. The van der Waals surface area contributed by atoms with Crippen LogP contribution >= 0.6 is 0 Å². The second-order valence-corrected chi connectivity index (χ2v) is 9.82. The minimum absolute atomic E-state index is 0.0883. The van der Waals surface area contributed by atoms with Gasteiger partial charge in [0.25, 0.3) is 0 Å². The zero-order valence-corrected chi connectivity index (χ0v) is 15.2. The van der Waals surface area contributed by atoms with Crippen molar-refractivity contribution in [3.63, 3.8) is 0 Å². The van der Waals surface area contributed by atoms with E-state index in [-0.39, 0.29) is 11.3 Å². The van der Waals surface area contributed by atoms with E-state index in [1.54, 1.807) is 6.92 Å². The lowest BCUT2D eigenvalue weighted by molar-refractivity contribution is -0.205. The SMILES string of the molecule is CC(=O)[C@H]1CC[C@@]2(O)[C@@H]3CC[C@H]4CCCC[C@]4(C)[C@H]3CC[C@]12C. The van der Waals surface area contributed by atoms with E-state index in [9.17, 15) is 9.90 Å². The van der Waals surface area contributed by atoms with Gasteiger partial charge in [0.15, 0.2) is 0 Å². The summed E-state index contributed by atoms with van der Waals surface area (Å²) in [6.45, 7) is 6.52. The smallest absolute Gasteiger partial charge is 0.133 e. The minimum atomic E-state index is -0.586. The quantitative estimate of drug-likeness (QED) is 0.758. The molecule has 4 fully saturated rings. The van der Waals surface area contributed by atoms with Gasteiger partial charge in [0.2, 0.25) is 0 Å². The molecule has 1 N–H and O–H groups in total. The van der Waals surface area contributed by atoms with Gasteiger partial charge in [-0.2, -0.15) is 0 Å². The molecule has 4 aliphatic carbocycles. The van der Waals surface area contributed by atoms with Crippen LogP contribution < -0.4 is 0 Å². The topological polar surface area (TPSA) is 37.3 Å². The first-order valence-corrected chi connectivity index (χ1v) is 10.1. The van der Waals surface area contributed by atoms with Gasteiger partial charge in [-0.15, -0.1) is 0 Å². The van der Waals surface area contributed by atoms with Gasteiger partial charge in [-0.1, -0.05) is 26.7 Å². The van der Waals surface area contributed by atoms with Gasteiger partial charge in [-0.05, 0) is 81.5 Å². The molecule has 0 amide bonds. The number of ketones is 1. The van der Waals surface area contributed by atoms with Crippen molar-refractivity contribution in [1.82, 2.24) is 0 Å². The van der Waals surface area contributed by atoms with Gasteiger partial charge in [0.05, 0.1) is 5.60 Å². The fourth-order valence-corrected chi connectivity index (χ4v) is 7.91. The highest BCUT2D eigenvalue weighted by Gasteiger charge is 2.67. The van der Waals surface area contributed by atoms with Crippen molar-refractivity contribution in [2.75, 3.05) is 0 Å². The number of rotatable bonds is 1. The molecular weight excluding hydrogens is 284 g/mol. The molecule has 0 aromatic carbocycles. The summed E-state index contributed by atoms with van der Waals surface area (Å²) >= 11 is 0. The van der Waals surface area contributed by atoms with Gasteiger partial charge in [0.1, 0.15) is 5.78 Å². The van der Waals surface area contributed by atoms with Gasteiger partial charge in [-0.3, -0.25) is 4.79 Å². The van der Waals surface area contributed by atoms with Gasteiger partial charge in [-0.25, -0.2) is 0 Å². The number of hydrogen-bond donors (Lipinski definition) is 1. The lowest BCUT2D eigenvalue weighted by Gasteiger charge is -2.63. The standard InChI is InChI=1S/C21H34O2/c1-14(22)16-10-13-21(23)18-8-7-15-6-4-5-11-19(15,2)17(18)9-12-20(16,21)3/h15-18,23H,4-13H2,1-3H3/t15-,16-,17+,18-,19+,20-,21-/m1/s1. The second-order valence-electron chi connectivity index (χ2n) is 9.82. The third-order valence-corrected chi connectivity index (χ3v) is 9.26. The molecule has 0 saturated heterocycles. The first kappa shape index (κ1) is 16.1. The Kier molecular flexibility index (Phi) is 3.55. The highest BCUT2D eigenvalue weighted by atomic mass is 16.3. The van der Waals surface area contributed by atoms with Crippen molar-refractivity contribution >= 4 is 5.78 Å². The maximum Gasteiger partial charge on any atom is 0.133 e. The maximum atomic E-state index is 12.2. The molecule has 23 heavy (non-hydrogen) atoms. The number of aliphatic hydroxyl groups is 1. The maximum absolute atomic E-state index is 12.2. The van der Waals surface area contributed by atoms with E-state index in [2.05, 4.69) is 13.8 Å². The van der Waals surface area contributed by atoms with Gasteiger partial charge < -0.3 is 5.11 Å². The Balaban J connectivity index is 1.70. The van der Waals surface area contributed by atoms with Crippen LogP contribution in [0.3, 0.4) is 0 Å². The number of carbonyl (C=O) groups is 1. The average Bonchev–Trinajstić information content (AvgIpc) is 2.78. The Morgan fingerprint density at radius 3 is 2.43 bits per heavy atom. The predicted octanol–water partition coefficient (Wildman–Crippen LogP) is 4.74. The van der Waals surface area contributed by atoms with Crippen molar-refractivity contribution in [2.24, 2.45) is 34.5 Å². The van der Waals surface area contributed by atoms with E-state index < -0.39 is 5.60 Å². The molecule has 0 aliphatic heterocycles. The van der Waals surface area contributed by atoms with Crippen molar-refractivity contribution < 1.29 is 9.90 Å². The Labute approximate surface area is 141 Å². The highest BCUT2D eigenvalue weighted by molar-refractivity contribution is 5.80. The summed E-state index contributed by atoms with van der Waals surface area (Å²) in [4.78, 5) is 12.2. The van der Waals surface area contributed by atoms with Crippen LogP contribution in [0, 0.1) is 34.5 Å². The van der Waals surface area contributed by atoms with Crippen LogP contribution in [0.2, 0.25) is 0 Å². The lowest BCUT2D eigenvalue weighted by Crippen LogP contribution is -2.62. The van der Waals surface area contributed by atoms with Gasteiger partial charge in [0, 0.05) is 11.3 Å². The van der Waals surface area contributed by atoms with E-state index >= 15 is 0 Å². The molecule has 0 radical (unpaired) electrons. The Morgan fingerprint density at radius 2 is 1.70 bits per heavy atom. The number of Topliss-reactive ketones (excluding diaryl/α,β-unsaturated/α-hetero) is 1. The predicted molar refractivity (Wildman–Crippen MR) is 92.0 cm³/mol. The summed E-state index contributed by atoms with van der Waals surface area (Å²) in [5, 5.41) is 11.8. The molecule has 4 aliphatic rings. The lowest BCUT2D eigenvalue weighted by atomic mass is 9.43. The van der Waals surface area contributed by atoms with Crippen molar-refractivity contribution in [1.29, 1.82) is 0 Å². The summed E-state index contributed by atoms with van der Waals surface area (Å²) in [6, 6.07) is 0. The fourth-order valence-electron chi connectivity index (χ4n) is 7.91. The number of fused-ring (bicyclic) bond motifs is 5. The second kappa shape index (κ2) is 5.07. The van der Waals surface area contributed by atoms with Crippen LogP contribution in [0.25, 0.3) is 0 Å². The number of carbonyl (C=O) groups excluding carboxylic acids is 1. The Bertz CT molecular complexity index is 514. The average molecular weight is 319 g/mol. The Morgan fingerprint density at radius 1 is 0.913 bits per heavy atom. The molecule has 0 heterocycles. The zero-order valence-electron chi connectivity index (χ0n) is 15.2. The van der Waals surface area contributed by atoms with Crippen LogP contribution in [-0.2, 0) is 4.79 Å². The molecule has 0 bridgehead atoms. The number of hydrogen-bond acceptors (Lipinski definition) is 2. The van der Waals surface area contributed by atoms with E-state index in [0.717, 1.165) is 25.2 Å². The van der Waals surface area contributed by atoms with Crippen LogP contribution in [0.4, 0.5) is 0 Å². The normalized spacial score (nSPS) is 55.7. The van der Waals surface area contributed by atoms with Crippen LogP contribution in [0.15, 0.2) is 0 Å². The zero-order chi connectivity index (χ0) is 16.5. The highest BCUT2D eigenvalue weighted by Crippen LogP contribution is 2.69. The summed E-state index contributed by atoms with van der Waals surface area (Å²) in [7, 11) is 0. The van der Waals surface area contributed by atoms with Crippen LogP contribution in [0.1, 0.15) is 85.0 Å². The molecule has 0 aromatic heterocycles. The van der Waals surface area contributed by atoms with Crippen molar-refractivity contribution in [3.05, 3.63) is 0 Å². The third-order valence-electron chi connectivity index (χ3n) is 9.26. The van der Waals surface area contributed by atoms with E-state index in [4.69, 9.17) is 0 Å². The van der Waals surface area contributed by atoms with E-state index in [0.29, 0.717) is 23.0 Å². The molecule has 4 saturated carbocycles. The van der Waals surface area contributed by atoms with Gasteiger partial charge >= 0.3 is 0 Å². The third kappa shape index (κ3) is 1.94. The Hall–Kier alpha value is -0.370. The van der Waals surface area contributed by atoms with Crippen molar-refractivity contribution in [2.45, 2.75) is 90.6 Å². The summed E-state index contributed by atoms with van der Waals surface area (Å²) in [5.41, 5.74) is -0.303. The molecular formula is C21H34O2. The van der Waals surface area contributed by atoms with E-state index in [1.165, 1.54) is 44.9 Å². The molecule has 0 spiro atoms. The van der Waals surface area contributed by atoms with E-state index in [1.807, 2.05) is 0 Å². The largest absolute Gasteiger partial charge is 0.389 e. The molecule has 2 heteroatoms. The first-order valence-electron chi connectivity index (χ1n) is 10.1. The van der Waals surface area contributed by atoms with Crippen LogP contribution in [0.5, 0.6) is 0 Å². The molecule has 2 nitrogen and oxygen atoms in total. The fraction of sp³-hybridized carbons (Fsp3) is 0.952. The summed E-state index contributed by atoms with van der Waals surface area (Å²) in [5.74, 6) is 2.40. The summed E-state index contributed by atoms with van der Waals surface area (Å²) < 4.78 is 0. The first-order chi connectivity index (χ1) is 10.8. The molecule has 4 rings (SSSR count).